The topological polar surface area (TPSA) is 110 Å². The first-order valence-corrected chi connectivity index (χ1v) is 9.00. The van der Waals surface area contributed by atoms with Crippen LogP contribution in [0, 0.1) is 0 Å². The number of hydrogen-bond donors (Lipinski definition) is 3. The third kappa shape index (κ3) is 5.16. The van der Waals surface area contributed by atoms with Crippen LogP contribution in [0.15, 0.2) is 30.7 Å². The summed E-state index contributed by atoms with van der Waals surface area (Å²) >= 11 is 5.18. The summed E-state index contributed by atoms with van der Waals surface area (Å²) in [7, 11) is 0. The van der Waals surface area contributed by atoms with Crippen molar-refractivity contribution in [3.05, 3.63) is 30.7 Å². The summed E-state index contributed by atoms with van der Waals surface area (Å²) in [5.41, 5.74) is 2.75. The number of hydrogen-bond acceptors (Lipinski definition) is 7. The van der Waals surface area contributed by atoms with Gasteiger partial charge >= 0.3 is 0 Å². The van der Waals surface area contributed by atoms with Gasteiger partial charge in [0.25, 0.3) is 0 Å². The average Bonchev–Trinajstić information content (AvgIpc) is 3.14. The van der Waals surface area contributed by atoms with Crippen molar-refractivity contribution >= 4 is 34.3 Å². The Hall–Kier alpha value is -2.69. The van der Waals surface area contributed by atoms with Crippen LogP contribution in [0.25, 0.3) is 22.4 Å². The summed E-state index contributed by atoms with van der Waals surface area (Å²) in [5.74, 6) is 0.608. The number of rotatable bonds is 8. The lowest BCUT2D eigenvalue weighted by Gasteiger charge is -2.08. The third-order valence-corrected chi connectivity index (χ3v) is 3.86. The number of nitrogens with one attached hydrogen (secondary N) is 2. The Kier molecular flexibility index (Phi) is 6.58. The minimum Gasteiger partial charge on any atom is -0.394 e. The predicted octanol–water partition coefficient (Wildman–Crippen LogP) is 1.20. The molecule has 142 valence electrons. The van der Waals surface area contributed by atoms with Gasteiger partial charge in [-0.2, -0.15) is 5.10 Å². The lowest BCUT2D eigenvalue weighted by molar-refractivity contribution is 0.0854. The van der Waals surface area contributed by atoms with E-state index in [-0.39, 0.29) is 6.61 Å². The Bertz CT molecular complexity index is 915. The second kappa shape index (κ2) is 9.31. The Morgan fingerprint density at radius 3 is 2.96 bits per heavy atom. The second-order valence-electron chi connectivity index (χ2n) is 5.61. The minimum atomic E-state index is 0.0140. The lowest BCUT2D eigenvalue weighted by atomic mass is 10.2. The molecule has 27 heavy (non-hydrogen) atoms. The molecular formula is C17H21N7O2S. The molecule has 0 saturated heterocycles. The maximum Gasteiger partial charge on any atom is 0.180 e. The van der Waals surface area contributed by atoms with Gasteiger partial charge in [-0.1, -0.05) is 0 Å². The van der Waals surface area contributed by atoms with Crippen LogP contribution >= 0.6 is 12.2 Å². The van der Waals surface area contributed by atoms with E-state index in [2.05, 4.69) is 30.7 Å². The van der Waals surface area contributed by atoms with Crippen LogP contribution in [0.2, 0.25) is 0 Å². The highest BCUT2D eigenvalue weighted by molar-refractivity contribution is 7.80. The van der Waals surface area contributed by atoms with Crippen LogP contribution in [-0.2, 0) is 11.3 Å². The van der Waals surface area contributed by atoms with Gasteiger partial charge < -0.3 is 20.5 Å². The van der Waals surface area contributed by atoms with Crippen molar-refractivity contribution < 1.29 is 9.84 Å². The van der Waals surface area contributed by atoms with Crippen molar-refractivity contribution in [1.82, 2.24) is 30.0 Å². The van der Waals surface area contributed by atoms with Gasteiger partial charge in [-0.05, 0) is 31.3 Å². The molecule has 3 rings (SSSR count). The number of ether oxygens (including phenoxy) is 1. The number of aromatic nitrogens is 5. The van der Waals surface area contributed by atoms with E-state index < -0.39 is 0 Å². The Balaban J connectivity index is 1.75. The lowest BCUT2D eigenvalue weighted by Crippen LogP contribution is -2.28. The van der Waals surface area contributed by atoms with Crippen molar-refractivity contribution in [2.75, 3.05) is 31.7 Å². The highest BCUT2D eigenvalue weighted by atomic mass is 32.1. The molecule has 9 nitrogen and oxygen atoms in total. The fourth-order valence-electron chi connectivity index (χ4n) is 2.37. The standard InChI is InChI=1S/C17H21N7O2S/c1-2-18-17(27)23-15-4-3-13-16(22-15)21-14(10-19-13)12-9-20-24(11-12)5-7-26-8-6-25/h3-4,9-11,25H,2,5-8H2,1H3,(H2,18,21,22,23,27). The minimum absolute atomic E-state index is 0.0140. The van der Waals surface area contributed by atoms with Gasteiger partial charge in [0.1, 0.15) is 11.3 Å². The molecule has 0 fully saturated rings. The van der Waals surface area contributed by atoms with E-state index in [1.165, 1.54) is 0 Å². The number of thiocarbonyl (C=S) groups is 1. The summed E-state index contributed by atoms with van der Waals surface area (Å²) in [6.45, 7) is 4.11. The van der Waals surface area contributed by atoms with Crippen molar-refractivity contribution in [2.45, 2.75) is 13.5 Å². The van der Waals surface area contributed by atoms with Crippen molar-refractivity contribution in [2.24, 2.45) is 0 Å². The summed E-state index contributed by atoms with van der Waals surface area (Å²) in [6.07, 6.45) is 5.30. The van der Waals surface area contributed by atoms with E-state index in [0.29, 0.717) is 47.5 Å². The van der Waals surface area contributed by atoms with Crippen LogP contribution in [-0.4, -0.2) is 61.3 Å². The van der Waals surface area contributed by atoms with Gasteiger partial charge in [-0.25, -0.2) is 9.97 Å². The summed E-state index contributed by atoms with van der Waals surface area (Å²) in [4.78, 5) is 13.5. The van der Waals surface area contributed by atoms with Crippen molar-refractivity contribution in [3.63, 3.8) is 0 Å². The van der Waals surface area contributed by atoms with Gasteiger partial charge in [-0.3, -0.25) is 9.67 Å². The summed E-state index contributed by atoms with van der Waals surface area (Å²) in [6, 6.07) is 3.66. The van der Waals surface area contributed by atoms with Gasteiger partial charge in [0.2, 0.25) is 0 Å². The number of pyridine rings is 1. The number of anilines is 1. The normalized spacial score (nSPS) is 10.9. The van der Waals surface area contributed by atoms with E-state index in [0.717, 1.165) is 12.1 Å². The molecule has 0 bridgehead atoms. The van der Waals surface area contributed by atoms with Crippen molar-refractivity contribution in [3.8, 4) is 11.3 Å². The van der Waals surface area contributed by atoms with Crippen LogP contribution in [0.1, 0.15) is 6.92 Å². The van der Waals surface area contributed by atoms with E-state index >= 15 is 0 Å². The average molecular weight is 387 g/mol. The van der Waals surface area contributed by atoms with Crippen LogP contribution in [0.3, 0.4) is 0 Å². The number of aliphatic hydroxyl groups is 1. The molecule has 0 amide bonds. The zero-order valence-corrected chi connectivity index (χ0v) is 15.7. The highest BCUT2D eigenvalue weighted by Crippen LogP contribution is 2.19. The molecule has 0 radical (unpaired) electrons. The van der Waals surface area contributed by atoms with E-state index in [1.54, 1.807) is 17.1 Å². The summed E-state index contributed by atoms with van der Waals surface area (Å²) < 4.78 is 7.01. The van der Waals surface area contributed by atoms with Gasteiger partial charge in [0.05, 0.1) is 44.5 Å². The zero-order valence-electron chi connectivity index (χ0n) is 14.9. The zero-order chi connectivity index (χ0) is 19.1. The monoisotopic (exact) mass is 387 g/mol. The fraction of sp³-hybridized carbons (Fsp3) is 0.353. The summed E-state index contributed by atoms with van der Waals surface area (Å²) in [5, 5.41) is 19.6. The Labute approximate surface area is 161 Å². The molecule has 0 saturated carbocycles. The predicted molar refractivity (Wildman–Crippen MR) is 106 cm³/mol. The Morgan fingerprint density at radius 1 is 1.26 bits per heavy atom. The molecule has 0 aliphatic heterocycles. The number of fused-ring (bicyclic) bond motifs is 1. The molecule has 0 spiro atoms. The SMILES string of the molecule is CCNC(=S)Nc1ccc2ncc(-c3cnn(CCOCCO)c3)nc2n1. The molecule has 0 unspecified atom stereocenters. The molecule has 3 heterocycles. The molecule has 0 aromatic carbocycles. The van der Waals surface area contributed by atoms with Gasteiger partial charge in [-0.15, -0.1) is 0 Å². The maximum absolute atomic E-state index is 8.71. The molecule has 10 heteroatoms. The van der Waals surface area contributed by atoms with E-state index in [9.17, 15) is 0 Å². The maximum atomic E-state index is 8.71. The van der Waals surface area contributed by atoms with E-state index in [1.807, 2.05) is 25.3 Å². The van der Waals surface area contributed by atoms with Crippen LogP contribution < -0.4 is 10.6 Å². The second-order valence-corrected chi connectivity index (χ2v) is 6.02. The van der Waals surface area contributed by atoms with Gasteiger partial charge in [0.15, 0.2) is 10.8 Å². The first-order chi connectivity index (χ1) is 13.2. The quantitative estimate of drug-likeness (QED) is 0.388. The molecule has 3 N–H and O–H groups in total. The third-order valence-electron chi connectivity index (χ3n) is 3.62. The molecular weight excluding hydrogens is 366 g/mol. The van der Waals surface area contributed by atoms with Crippen LogP contribution in [0.5, 0.6) is 0 Å². The fourth-order valence-corrected chi connectivity index (χ4v) is 2.62. The largest absolute Gasteiger partial charge is 0.394 e. The first-order valence-electron chi connectivity index (χ1n) is 8.59. The first kappa shape index (κ1) is 19.1. The molecule has 0 atom stereocenters. The molecule has 3 aromatic rings. The molecule has 0 aliphatic rings. The van der Waals surface area contributed by atoms with Crippen LogP contribution in [0.4, 0.5) is 5.82 Å². The highest BCUT2D eigenvalue weighted by Gasteiger charge is 2.08. The van der Waals surface area contributed by atoms with Crippen molar-refractivity contribution in [1.29, 1.82) is 0 Å². The number of aliphatic hydroxyl groups excluding tert-OH is 1. The molecule has 3 aromatic heterocycles. The van der Waals surface area contributed by atoms with E-state index in [4.69, 9.17) is 22.1 Å². The van der Waals surface area contributed by atoms with Gasteiger partial charge in [0, 0.05) is 18.3 Å². The number of nitrogens with zero attached hydrogens (tertiary/aromatic N) is 5. The Morgan fingerprint density at radius 2 is 2.15 bits per heavy atom. The smallest absolute Gasteiger partial charge is 0.180 e. The molecule has 0 aliphatic carbocycles.